The van der Waals surface area contributed by atoms with Crippen molar-refractivity contribution in [3.63, 3.8) is 0 Å². The second kappa shape index (κ2) is 7.54. The highest BCUT2D eigenvalue weighted by atomic mass is 19.1. The summed E-state index contributed by atoms with van der Waals surface area (Å²) in [6, 6.07) is 32.1. The van der Waals surface area contributed by atoms with Crippen molar-refractivity contribution in [3.8, 4) is 11.1 Å². The van der Waals surface area contributed by atoms with E-state index in [0.717, 1.165) is 22.2 Å². The van der Waals surface area contributed by atoms with Gasteiger partial charge in [0.05, 0.1) is 0 Å². The van der Waals surface area contributed by atoms with Crippen LogP contribution in [0.5, 0.6) is 0 Å². The quantitative estimate of drug-likeness (QED) is 0.296. The summed E-state index contributed by atoms with van der Waals surface area (Å²) >= 11 is 0. The molecule has 0 aliphatic carbocycles. The Balaban J connectivity index is 1.52. The van der Waals surface area contributed by atoms with Gasteiger partial charge in [-0.25, -0.2) is 4.39 Å². The van der Waals surface area contributed by atoms with Crippen molar-refractivity contribution in [1.29, 1.82) is 0 Å². The van der Waals surface area contributed by atoms with Crippen molar-refractivity contribution in [1.82, 2.24) is 9.97 Å². The van der Waals surface area contributed by atoms with Crippen LogP contribution in [0.4, 0.5) is 4.39 Å². The van der Waals surface area contributed by atoms with Gasteiger partial charge in [-0.3, -0.25) is 0 Å². The molecule has 0 aliphatic rings. The van der Waals surface area contributed by atoms with Crippen LogP contribution in [0.3, 0.4) is 0 Å². The molecule has 0 fully saturated rings. The van der Waals surface area contributed by atoms with Crippen LogP contribution >= 0.6 is 0 Å². The molecular weight excluding hydrogens is 395 g/mol. The molecular formula is C29H21FN2. The Kier molecular flexibility index (Phi) is 4.39. The zero-order valence-corrected chi connectivity index (χ0v) is 17.3. The van der Waals surface area contributed by atoms with Gasteiger partial charge in [-0.15, -0.1) is 0 Å². The van der Waals surface area contributed by atoms with Crippen molar-refractivity contribution < 1.29 is 4.39 Å². The number of aromatic nitrogens is 2. The van der Waals surface area contributed by atoms with Crippen LogP contribution in [0.25, 0.3) is 32.9 Å². The minimum atomic E-state index is -0.218. The normalized spacial score (nSPS) is 11.6. The summed E-state index contributed by atoms with van der Waals surface area (Å²) in [6.45, 7) is 0. The molecule has 4 aromatic carbocycles. The smallest absolute Gasteiger partial charge is 0.123 e. The van der Waals surface area contributed by atoms with E-state index < -0.39 is 0 Å². The highest BCUT2D eigenvalue weighted by molar-refractivity contribution is 5.89. The van der Waals surface area contributed by atoms with Gasteiger partial charge in [-0.1, -0.05) is 72.8 Å². The predicted molar refractivity (Wildman–Crippen MR) is 129 cm³/mol. The van der Waals surface area contributed by atoms with Crippen LogP contribution in [0.1, 0.15) is 22.6 Å². The molecule has 154 valence electrons. The molecule has 0 spiro atoms. The second-order valence-electron chi connectivity index (χ2n) is 8.14. The Morgan fingerprint density at radius 3 is 1.53 bits per heavy atom. The summed E-state index contributed by atoms with van der Waals surface area (Å²) in [5.41, 5.74) is 8.06. The van der Waals surface area contributed by atoms with E-state index in [9.17, 15) is 4.39 Å². The molecule has 0 saturated carbocycles. The number of hydrogen-bond acceptors (Lipinski definition) is 0. The SMILES string of the molecule is Fc1ccc(-c2ccc(C(c3c[nH]c4ccccc34)c3c[nH]c4ccccc34)cc2)cc1. The maximum Gasteiger partial charge on any atom is 0.123 e. The topological polar surface area (TPSA) is 31.6 Å². The lowest BCUT2D eigenvalue weighted by Crippen LogP contribution is -2.02. The van der Waals surface area contributed by atoms with Crippen LogP contribution in [-0.2, 0) is 0 Å². The molecule has 32 heavy (non-hydrogen) atoms. The molecule has 6 aromatic rings. The summed E-state index contributed by atoms with van der Waals surface area (Å²) in [6.07, 6.45) is 4.26. The maximum atomic E-state index is 13.3. The number of hydrogen-bond donors (Lipinski definition) is 2. The first-order chi connectivity index (χ1) is 15.8. The summed E-state index contributed by atoms with van der Waals surface area (Å²) < 4.78 is 13.3. The van der Waals surface area contributed by atoms with E-state index >= 15 is 0 Å². The standard InChI is InChI=1S/C29H21FN2/c30-22-15-13-20(14-16-22)19-9-11-21(12-10-19)29(25-17-31-27-7-3-1-5-23(25)27)26-18-32-28-8-4-2-6-24(26)28/h1-18,29,31-32H. The van der Waals surface area contributed by atoms with E-state index in [0.29, 0.717) is 0 Å². The third kappa shape index (κ3) is 3.10. The summed E-state index contributed by atoms with van der Waals surface area (Å²) in [5, 5.41) is 2.45. The number of rotatable bonds is 4. The van der Waals surface area contributed by atoms with Crippen LogP contribution in [0.2, 0.25) is 0 Å². The Labute approximate surface area is 185 Å². The van der Waals surface area contributed by atoms with Gasteiger partial charge in [0.25, 0.3) is 0 Å². The van der Waals surface area contributed by atoms with E-state index in [2.05, 4.69) is 95.2 Å². The van der Waals surface area contributed by atoms with E-state index in [4.69, 9.17) is 0 Å². The zero-order chi connectivity index (χ0) is 21.5. The van der Waals surface area contributed by atoms with Gasteiger partial charge in [-0.2, -0.15) is 0 Å². The third-order valence-corrected chi connectivity index (χ3v) is 6.29. The van der Waals surface area contributed by atoms with E-state index in [1.54, 1.807) is 0 Å². The molecule has 0 aliphatic heterocycles. The number of nitrogens with one attached hydrogen (secondary N) is 2. The van der Waals surface area contributed by atoms with Gasteiger partial charge >= 0.3 is 0 Å². The van der Waals surface area contributed by atoms with Crippen molar-refractivity contribution in [2.45, 2.75) is 5.92 Å². The second-order valence-corrected chi connectivity index (χ2v) is 8.14. The van der Waals surface area contributed by atoms with Gasteiger partial charge in [0.15, 0.2) is 0 Å². The van der Waals surface area contributed by atoms with Crippen molar-refractivity contribution in [3.05, 3.63) is 132 Å². The fraction of sp³-hybridized carbons (Fsp3) is 0.0345. The molecule has 6 rings (SSSR count). The van der Waals surface area contributed by atoms with Crippen molar-refractivity contribution in [2.75, 3.05) is 0 Å². The van der Waals surface area contributed by atoms with E-state index in [1.807, 2.05) is 12.1 Å². The molecule has 0 atom stereocenters. The first-order valence-corrected chi connectivity index (χ1v) is 10.8. The Bertz CT molecular complexity index is 1450. The lowest BCUT2D eigenvalue weighted by atomic mass is 9.84. The zero-order valence-electron chi connectivity index (χ0n) is 17.3. The minimum Gasteiger partial charge on any atom is -0.361 e. The average Bonchev–Trinajstić information content (AvgIpc) is 3.46. The largest absolute Gasteiger partial charge is 0.361 e. The van der Waals surface area contributed by atoms with Crippen LogP contribution in [-0.4, -0.2) is 9.97 Å². The fourth-order valence-electron chi connectivity index (χ4n) is 4.70. The Morgan fingerprint density at radius 1 is 0.531 bits per heavy atom. The predicted octanol–water partition coefficient (Wildman–Crippen LogP) is 7.64. The van der Waals surface area contributed by atoms with Crippen molar-refractivity contribution in [2.24, 2.45) is 0 Å². The molecule has 0 unspecified atom stereocenters. The molecule has 0 saturated heterocycles. The number of para-hydroxylation sites is 2. The van der Waals surface area contributed by atoms with Gasteiger partial charge in [-0.05, 0) is 52.1 Å². The van der Waals surface area contributed by atoms with Crippen molar-refractivity contribution >= 4 is 21.8 Å². The molecule has 0 radical (unpaired) electrons. The monoisotopic (exact) mass is 416 g/mol. The molecule has 0 amide bonds. The van der Waals surface area contributed by atoms with Crippen LogP contribution < -0.4 is 0 Å². The Morgan fingerprint density at radius 2 is 1.00 bits per heavy atom. The number of H-pyrrole nitrogens is 2. The van der Waals surface area contributed by atoms with Crippen LogP contribution in [0.15, 0.2) is 109 Å². The van der Waals surface area contributed by atoms with Gasteiger partial charge in [0.2, 0.25) is 0 Å². The molecule has 3 heteroatoms. The molecule has 2 aromatic heterocycles. The van der Waals surface area contributed by atoms with Gasteiger partial charge in [0, 0.05) is 40.1 Å². The first kappa shape index (κ1) is 18.6. The molecule has 0 bridgehead atoms. The lowest BCUT2D eigenvalue weighted by Gasteiger charge is -2.18. The molecule has 2 N–H and O–H groups in total. The van der Waals surface area contributed by atoms with Gasteiger partial charge in [0.1, 0.15) is 5.82 Å². The van der Waals surface area contributed by atoms with E-state index in [-0.39, 0.29) is 11.7 Å². The highest BCUT2D eigenvalue weighted by Gasteiger charge is 2.23. The highest BCUT2D eigenvalue weighted by Crippen LogP contribution is 2.39. The summed E-state index contributed by atoms with van der Waals surface area (Å²) in [5.74, 6) is -0.145. The first-order valence-electron chi connectivity index (χ1n) is 10.8. The van der Waals surface area contributed by atoms with Gasteiger partial charge < -0.3 is 9.97 Å². The summed E-state index contributed by atoms with van der Waals surface area (Å²) in [7, 11) is 0. The number of benzene rings is 4. The van der Waals surface area contributed by atoms with Crippen LogP contribution in [0, 0.1) is 5.82 Å². The number of fused-ring (bicyclic) bond motifs is 2. The minimum absolute atomic E-state index is 0.0737. The maximum absolute atomic E-state index is 13.3. The lowest BCUT2D eigenvalue weighted by molar-refractivity contribution is 0.628. The number of aromatic amines is 2. The molecule has 2 heterocycles. The fourth-order valence-corrected chi connectivity index (χ4v) is 4.70. The third-order valence-electron chi connectivity index (χ3n) is 6.29. The number of halogens is 1. The average molecular weight is 416 g/mol. The summed E-state index contributed by atoms with van der Waals surface area (Å²) in [4.78, 5) is 6.89. The molecule has 2 nitrogen and oxygen atoms in total. The van der Waals surface area contributed by atoms with E-state index in [1.165, 1.54) is 39.6 Å². The Hall–Kier alpha value is -4.11.